The molecule has 1 amide bonds. The number of halogens is 1. The number of aryl methyl sites for hydroxylation is 1. The summed E-state index contributed by atoms with van der Waals surface area (Å²) in [5, 5.41) is 0. The summed E-state index contributed by atoms with van der Waals surface area (Å²) in [5.41, 5.74) is 1.23. The molecule has 0 N–H and O–H groups in total. The SMILES string of the molecule is O=C(CCl)N1CCC2(CCc3ccccc3O2)CC1. The van der Waals surface area contributed by atoms with Gasteiger partial charge in [0.15, 0.2) is 0 Å². The lowest BCUT2D eigenvalue weighted by atomic mass is 9.83. The van der Waals surface area contributed by atoms with E-state index in [9.17, 15) is 4.79 Å². The van der Waals surface area contributed by atoms with Gasteiger partial charge >= 0.3 is 0 Å². The second kappa shape index (κ2) is 5.04. The van der Waals surface area contributed by atoms with E-state index in [4.69, 9.17) is 16.3 Å². The maximum Gasteiger partial charge on any atom is 0.237 e. The fourth-order valence-electron chi connectivity index (χ4n) is 3.06. The van der Waals surface area contributed by atoms with Crippen LogP contribution >= 0.6 is 11.6 Å². The van der Waals surface area contributed by atoms with Gasteiger partial charge in [-0.25, -0.2) is 0 Å². The van der Waals surface area contributed by atoms with Gasteiger partial charge in [-0.2, -0.15) is 0 Å². The Morgan fingerprint density at radius 3 is 2.74 bits per heavy atom. The van der Waals surface area contributed by atoms with E-state index in [0.717, 1.165) is 44.5 Å². The Morgan fingerprint density at radius 1 is 1.26 bits per heavy atom. The number of piperidine rings is 1. The molecule has 1 fully saturated rings. The highest BCUT2D eigenvalue weighted by molar-refractivity contribution is 6.27. The first-order valence-electron chi connectivity index (χ1n) is 6.83. The molecule has 2 aliphatic heterocycles. The Hall–Kier alpha value is -1.22. The van der Waals surface area contributed by atoms with Gasteiger partial charge in [0, 0.05) is 25.9 Å². The molecule has 1 spiro atoms. The molecule has 2 aliphatic rings. The Labute approximate surface area is 118 Å². The second-order valence-electron chi connectivity index (χ2n) is 5.41. The van der Waals surface area contributed by atoms with Crippen molar-refractivity contribution in [3.05, 3.63) is 29.8 Å². The zero-order valence-electron chi connectivity index (χ0n) is 10.9. The number of amides is 1. The number of fused-ring (bicyclic) bond motifs is 1. The molecule has 0 unspecified atom stereocenters. The molecule has 0 saturated carbocycles. The summed E-state index contributed by atoms with van der Waals surface area (Å²) in [4.78, 5) is 13.4. The summed E-state index contributed by atoms with van der Waals surface area (Å²) in [6, 6.07) is 8.26. The summed E-state index contributed by atoms with van der Waals surface area (Å²) in [5.74, 6) is 1.13. The summed E-state index contributed by atoms with van der Waals surface area (Å²) >= 11 is 5.61. The highest BCUT2D eigenvalue weighted by atomic mass is 35.5. The minimum Gasteiger partial charge on any atom is -0.487 e. The first-order valence-corrected chi connectivity index (χ1v) is 7.37. The van der Waals surface area contributed by atoms with Gasteiger partial charge in [-0.1, -0.05) is 18.2 Å². The molecule has 0 aliphatic carbocycles. The molecule has 4 heteroatoms. The van der Waals surface area contributed by atoms with E-state index in [1.807, 2.05) is 17.0 Å². The van der Waals surface area contributed by atoms with Crippen molar-refractivity contribution in [1.29, 1.82) is 0 Å². The lowest BCUT2D eigenvalue weighted by molar-refractivity contribution is -0.132. The van der Waals surface area contributed by atoms with Crippen molar-refractivity contribution in [2.24, 2.45) is 0 Å². The molecule has 2 heterocycles. The highest BCUT2D eigenvalue weighted by Crippen LogP contribution is 2.39. The summed E-state index contributed by atoms with van der Waals surface area (Å²) in [7, 11) is 0. The number of nitrogens with zero attached hydrogens (tertiary/aromatic N) is 1. The molecular weight excluding hydrogens is 262 g/mol. The predicted molar refractivity (Wildman–Crippen MR) is 74.7 cm³/mol. The smallest absolute Gasteiger partial charge is 0.237 e. The number of ether oxygens (including phenoxy) is 1. The molecule has 0 aromatic heterocycles. The quantitative estimate of drug-likeness (QED) is 0.740. The standard InChI is InChI=1S/C15H18ClNO2/c16-11-14(18)17-9-7-15(8-10-17)6-5-12-3-1-2-4-13(12)19-15/h1-4H,5-11H2. The average molecular weight is 280 g/mol. The molecule has 1 aromatic carbocycles. The monoisotopic (exact) mass is 279 g/mol. The number of alkyl halides is 1. The number of para-hydroxylation sites is 1. The average Bonchev–Trinajstić information content (AvgIpc) is 2.47. The maximum absolute atomic E-state index is 11.6. The van der Waals surface area contributed by atoms with Gasteiger partial charge in [0.25, 0.3) is 0 Å². The molecule has 0 atom stereocenters. The van der Waals surface area contributed by atoms with E-state index < -0.39 is 0 Å². The van der Waals surface area contributed by atoms with Crippen LogP contribution in [0.5, 0.6) is 5.75 Å². The molecule has 3 nitrogen and oxygen atoms in total. The van der Waals surface area contributed by atoms with Crippen molar-refractivity contribution < 1.29 is 9.53 Å². The second-order valence-corrected chi connectivity index (χ2v) is 5.67. The third-order valence-corrected chi connectivity index (χ3v) is 4.52. The van der Waals surface area contributed by atoms with E-state index in [2.05, 4.69) is 12.1 Å². The number of carbonyl (C=O) groups is 1. The van der Waals surface area contributed by atoms with E-state index in [1.54, 1.807) is 0 Å². The van der Waals surface area contributed by atoms with Crippen molar-refractivity contribution in [3.8, 4) is 5.75 Å². The summed E-state index contributed by atoms with van der Waals surface area (Å²) in [6.45, 7) is 1.52. The van der Waals surface area contributed by atoms with Crippen molar-refractivity contribution >= 4 is 17.5 Å². The maximum atomic E-state index is 11.6. The van der Waals surface area contributed by atoms with Crippen LogP contribution in [0.25, 0.3) is 0 Å². The van der Waals surface area contributed by atoms with Crippen LogP contribution in [0.15, 0.2) is 24.3 Å². The topological polar surface area (TPSA) is 29.5 Å². The molecule has 19 heavy (non-hydrogen) atoms. The number of carbonyl (C=O) groups excluding carboxylic acids is 1. The van der Waals surface area contributed by atoms with Gasteiger partial charge in [-0.3, -0.25) is 4.79 Å². The van der Waals surface area contributed by atoms with Gasteiger partial charge in [-0.15, -0.1) is 11.6 Å². The molecule has 1 saturated heterocycles. The zero-order chi connectivity index (χ0) is 13.3. The molecule has 1 aromatic rings. The lowest BCUT2D eigenvalue weighted by Crippen LogP contribution is -2.51. The van der Waals surface area contributed by atoms with Crippen molar-refractivity contribution in [2.75, 3.05) is 19.0 Å². The van der Waals surface area contributed by atoms with Crippen molar-refractivity contribution in [1.82, 2.24) is 4.90 Å². The van der Waals surface area contributed by atoms with Crippen LogP contribution in [0.2, 0.25) is 0 Å². The van der Waals surface area contributed by atoms with Crippen LogP contribution in [0, 0.1) is 0 Å². The molecule has 0 bridgehead atoms. The van der Waals surface area contributed by atoms with Gasteiger partial charge < -0.3 is 9.64 Å². The molecule has 0 radical (unpaired) electrons. The van der Waals surface area contributed by atoms with Gasteiger partial charge in [0.05, 0.1) is 0 Å². The van der Waals surface area contributed by atoms with E-state index >= 15 is 0 Å². The third kappa shape index (κ3) is 2.44. The van der Waals surface area contributed by atoms with Crippen LogP contribution in [-0.4, -0.2) is 35.4 Å². The molecule has 3 rings (SSSR count). The minimum atomic E-state index is -0.0720. The van der Waals surface area contributed by atoms with E-state index in [-0.39, 0.29) is 17.4 Å². The van der Waals surface area contributed by atoms with Crippen LogP contribution < -0.4 is 4.74 Å². The first-order chi connectivity index (χ1) is 9.22. The Kier molecular flexibility index (Phi) is 3.40. The molecule has 102 valence electrons. The number of likely N-dealkylation sites (tertiary alicyclic amines) is 1. The van der Waals surface area contributed by atoms with E-state index in [1.165, 1.54) is 5.56 Å². The Balaban J connectivity index is 1.70. The Morgan fingerprint density at radius 2 is 2.00 bits per heavy atom. The van der Waals surface area contributed by atoms with Crippen LogP contribution in [0.3, 0.4) is 0 Å². The fourth-order valence-corrected chi connectivity index (χ4v) is 3.23. The van der Waals surface area contributed by atoms with E-state index in [0.29, 0.717) is 0 Å². The van der Waals surface area contributed by atoms with Gasteiger partial charge in [-0.05, 0) is 24.5 Å². The van der Waals surface area contributed by atoms with Gasteiger partial charge in [0.1, 0.15) is 17.2 Å². The van der Waals surface area contributed by atoms with Gasteiger partial charge in [0.2, 0.25) is 5.91 Å². The molecular formula is C15H18ClNO2. The lowest BCUT2D eigenvalue weighted by Gasteiger charge is -2.44. The van der Waals surface area contributed by atoms with Crippen LogP contribution in [0.4, 0.5) is 0 Å². The normalized spacial score (nSPS) is 20.8. The number of benzene rings is 1. The highest BCUT2D eigenvalue weighted by Gasteiger charge is 2.40. The van der Waals surface area contributed by atoms with Crippen LogP contribution in [0.1, 0.15) is 24.8 Å². The Bertz CT molecular complexity index is 481. The number of rotatable bonds is 1. The number of hydrogen-bond donors (Lipinski definition) is 0. The van der Waals surface area contributed by atoms with Crippen LogP contribution in [-0.2, 0) is 11.2 Å². The largest absolute Gasteiger partial charge is 0.487 e. The minimum absolute atomic E-state index is 0.0349. The zero-order valence-corrected chi connectivity index (χ0v) is 11.7. The van der Waals surface area contributed by atoms with Crippen molar-refractivity contribution in [2.45, 2.75) is 31.3 Å². The summed E-state index contributed by atoms with van der Waals surface area (Å²) in [6.07, 6.45) is 3.93. The van der Waals surface area contributed by atoms with Crippen molar-refractivity contribution in [3.63, 3.8) is 0 Å². The summed E-state index contributed by atoms with van der Waals surface area (Å²) < 4.78 is 6.25. The fraction of sp³-hybridized carbons (Fsp3) is 0.533. The predicted octanol–water partition coefficient (Wildman–Crippen LogP) is 2.61. The first kappa shape index (κ1) is 12.8. The number of hydrogen-bond acceptors (Lipinski definition) is 2. The third-order valence-electron chi connectivity index (χ3n) is 4.29.